The summed E-state index contributed by atoms with van der Waals surface area (Å²) in [6.07, 6.45) is -0.955. The van der Waals surface area contributed by atoms with Crippen molar-refractivity contribution in [2.24, 2.45) is 11.5 Å². The fourth-order valence-corrected chi connectivity index (χ4v) is 2.12. The van der Waals surface area contributed by atoms with Crippen LogP contribution in [0.4, 0.5) is 0 Å². The van der Waals surface area contributed by atoms with Gasteiger partial charge in [-0.05, 0) is 13.3 Å². The summed E-state index contributed by atoms with van der Waals surface area (Å²) >= 11 is 0. The molecule has 0 aromatic carbocycles. The highest BCUT2D eigenvalue weighted by Crippen LogP contribution is 2.22. The van der Waals surface area contributed by atoms with E-state index in [0.717, 1.165) is 6.92 Å². The molecular formula is C14H25N3O6. The van der Waals surface area contributed by atoms with Gasteiger partial charge in [0, 0.05) is 18.8 Å². The molecule has 23 heavy (non-hydrogen) atoms. The quantitative estimate of drug-likeness (QED) is 0.326. The van der Waals surface area contributed by atoms with E-state index in [1.165, 1.54) is 0 Å². The van der Waals surface area contributed by atoms with Gasteiger partial charge in [0.1, 0.15) is 12.6 Å². The van der Waals surface area contributed by atoms with Crippen LogP contribution in [0.15, 0.2) is 0 Å². The van der Waals surface area contributed by atoms with Gasteiger partial charge < -0.3 is 30.6 Å². The van der Waals surface area contributed by atoms with Crippen molar-refractivity contribution >= 4 is 23.6 Å². The standard InChI is InChI=1S/C14H25N3O6/c1-9(18)14(7-12(20)21,8-17(2,3)4)23-13(22)10(15)5-6-11(16)19/h10H,5-8,15H2,1-4H3,(H2-,16,19,20,21)/t10-,14+/m0/s1. The van der Waals surface area contributed by atoms with Crippen molar-refractivity contribution in [3.8, 4) is 0 Å². The van der Waals surface area contributed by atoms with Crippen LogP contribution in [0.5, 0.6) is 0 Å². The van der Waals surface area contributed by atoms with Crippen LogP contribution in [0.2, 0.25) is 0 Å². The molecule has 0 aliphatic rings. The van der Waals surface area contributed by atoms with Crippen LogP contribution in [-0.4, -0.2) is 67.4 Å². The number of ether oxygens (including phenoxy) is 1. The Labute approximate surface area is 135 Å². The molecule has 0 aromatic rings. The largest absolute Gasteiger partial charge is 0.550 e. The first-order valence-electron chi connectivity index (χ1n) is 7.07. The number of rotatable bonds is 10. The van der Waals surface area contributed by atoms with E-state index in [1.54, 1.807) is 21.1 Å². The molecule has 0 aliphatic heterocycles. The molecule has 0 spiro atoms. The van der Waals surface area contributed by atoms with Crippen molar-refractivity contribution in [2.45, 2.75) is 37.8 Å². The van der Waals surface area contributed by atoms with Gasteiger partial charge in [-0.1, -0.05) is 0 Å². The molecule has 0 aliphatic carbocycles. The summed E-state index contributed by atoms with van der Waals surface area (Å²) < 4.78 is 5.36. The molecule has 9 nitrogen and oxygen atoms in total. The van der Waals surface area contributed by atoms with E-state index in [0.29, 0.717) is 0 Å². The summed E-state index contributed by atoms with van der Waals surface area (Å²) in [5.41, 5.74) is 8.71. The van der Waals surface area contributed by atoms with Gasteiger partial charge in [-0.2, -0.15) is 0 Å². The van der Waals surface area contributed by atoms with Crippen molar-refractivity contribution in [3.63, 3.8) is 0 Å². The molecule has 0 unspecified atom stereocenters. The van der Waals surface area contributed by atoms with Crippen molar-refractivity contribution < 1.29 is 33.5 Å². The average molecular weight is 331 g/mol. The van der Waals surface area contributed by atoms with E-state index < -0.39 is 41.7 Å². The van der Waals surface area contributed by atoms with Gasteiger partial charge in [0.05, 0.1) is 21.1 Å². The van der Waals surface area contributed by atoms with Crippen LogP contribution in [0, 0.1) is 0 Å². The molecule has 0 saturated carbocycles. The highest BCUT2D eigenvalue weighted by Gasteiger charge is 2.45. The van der Waals surface area contributed by atoms with Crippen molar-refractivity contribution in [1.29, 1.82) is 0 Å². The maximum absolute atomic E-state index is 12.1. The van der Waals surface area contributed by atoms with Crippen LogP contribution in [0.1, 0.15) is 26.2 Å². The van der Waals surface area contributed by atoms with E-state index in [9.17, 15) is 24.3 Å². The van der Waals surface area contributed by atoms with Crippen molar-refractivity contribution in [2.75, 3.05) is 27.7 Å². The number of Topliss-reactive ketones (excluding diaryl/α,β-unsaturated/α-hetero) is 1. The van der Waals surface area contributed by atoms with Crippen LogP contribution >= 0.6 is 0 Å². The fourth-order valence-electron chi connectivity index (χ4n) is 2.12. The van der Waals surface area contributed by atoms with Crippen LogP contribution in [0.25, 0.3) is 0 Å². The predicted octanol–water partition coefficient (Wildman–Crippen LogP) is -2.70. The molecule has 2 atom stereocenters. The first-order valence-corrected chi connectivity index (χ1v) is 7.07. The monoisotopic (exact) mass is 331 g/mol. The zero-order valence-corrected chi connectivity index (χ0v) is 14.0. The lowest BCUT2D eigenvalue weighted by Gasteiger charge is -2.37. The number of carbonyl (C=O) groups is 4. The number of carbonyl (C=O) groups excluding carboxylic acids is 4. The number of hydrogen-bond acceptors (Lipinski definition) is 7. The minimum Gasteiger partial charge on any atom is -0.550 e. The normalized spacial score (nSPS) is 15.3. The zero-order valence-electron chi connectivity index (χ0n) is 14.0. The van der Waals surface area contributed by atoms with Gasteiger partial charge in [0.15, 0.2) is 5.78 Å². The molecule has 0 saturated heterocycles. The fraction of sp³-hybridized carbons (Fsp3) is 0.714. The molecule has 1 amide bonds. The van der Waals surface area contributed by atoms with Gasteiger partial charge in [0.25, 0.3) is 0 Å². The molecule has 0 rings (SSSR count). The molecule has 0 aromatic heterocycles. The van der Waals surface area contributed by atoms with Gasteiger partial charge >= 0.3 is 5.97 Å². The van der Waals surface area contributed by atoms with Crippen LogP contribution in [0.3, 0.4) is 0 Å². The lowest BCUT2D eigenvalue weighted by atomic mass is 9.93. The summed E-state index contributed by atoms with van der Waals surface area (Å²) in [7, 11) is 5.15. The Morgan fingerprint density at radius 2 is 1.74 bits per heavy atom. The highest BCUT2D eigenvalue weighted by molar-refractivity contribution is 5.92. The number of nitrogens with two attached hydrogens (primary N) is 2. The number of esters is 1. The summed E-state index contributed by atoms with van der Waals surface area (Å²) in [6.45, 7) is 1.07. The smallest absolute Gasteiger partial charge is 0.324 e. The number of primary amides is 1. The number of likely N-dealkylation sites (N-methyl/N-ethyl adjacent to an activating group) is 1. The zero-order chi connectivity index (χ0) is 18.4. The first kappa shape index (κ1) is 21.0. The van der Waals surface area contributed by atoms with Gasteiger partial charge in [-0.25, -0.2) is 0 Å². The summed E-state index contributed by atoms with van der Waals surface area (Å²) in [6, 6.07) is -1.18. The van der Waals surface area contributed by atoms with Crippen LogP contribution < -0.4 is 16.6 Å². The Morgan fingerprint density at radius 3 is 2.09 bits per heavy atom. The maximum atomic E-state index is 12.1. The molecular weight excluding hydrogens is 306 g/mol. The molecule has 0 bridgehead atoms. The van der Waals surface area contributed by atoms with E-state index in [1.807, 2.05) is 0 Å². The highest BCUT2D eigenvalue weighted by atomic mass is 16.6. The number of carboxylic acids is 1. The summed E-state index contributed by atoms with van der Waals surface area (Å²) in [4.78, 5) is 45.8. The van der Waals surface area contributed by atoms with Crippen LogP contribution in [-0.2, 0) is 23.9 Å². The Balaban J connectivity index is 5.34. The molecule has 0 fully saturated rings. The second-order valence-electron chi connectivity index (χ2n) is 6.58. The number of carboxylic acid groups (broad SMARTS) is 1. The second kappa shape index (κ2) is 8.02. The lowest BCUT2D eigenvalue weighted by Crippen LogP contribution is -2.58. The number of nitrogens with zero attached hydrogens (tertiary/aromatic N) is 1. The SMILES string of the molecule is CC(=O)[C@@](CC(=O)[O-])(C[N+](C)(C)C)OC(=O)[C@@H](N)CCC(N)=O. The van der Waals surface area contributed by atoms with Crippen molar-refractivity contribution in [1.82, 2.24) is 0 Å². The lowest BCUT2D eigenvalue weighted by molar-refractivity contribution is -0.875. The Morgan fingerprint density at radius 1 is 1.22 bits per heavy atom. The first-order chi connectivity index (χ1) is 10.3. The second-order valence-corrected chi connectivity index (χ2v) is 6.58. The minimum atomic E-state index is -1.88. The number of aliphatic carboxylic acids is 1. The number of quaternary nitrogens is 1. The Bertz CT molecular complexity index is 485. The molecule has 0 radical (unpaired) electrons. The maximum Gasteiger partial charge on any atom is 0.324 e. The third-order valence-electron chi connectivity index (χ3n) is 3.10. The predicted molar refractivity (Wildman–Crippen MR) is 78.4 cm³/mol. The topological polar surface area (TPSA) is 153 Å². The molecule has 0 heterocycles. The third kappa shape index (κ3) is 7.71. The number of ketones is 1. The van der Waals surface area contributed by atoms with E-state index >= 15 is 0 Å². The molecule has 9 heteroatoms. The van der Waals surface area contributed by atoms with Crippen molar-refractivity contribution in [3.05, 3.63) is 0 Å². The average Bonchev–Trinajstić information content (AvgIpc) is 2.32. The van der Waals surface area contributed by atoms with Gasteiger partial charge in [-0.3, -0.25) is 14.4 Å². The van der Waals surface area contributed by atoms with Gasteiger partial charge in [-0.15, -0.1) is 0 Å². The summed E-state index contributed by atoms with van der Waals surface area (Å²) in [5, 5.41) is 11.0. The minimum absolute atomic E-state index is 0.0577. The molecule has 132 valence electrons. The van der Waals surface area contributed by atoms with E-state index in [-0.39, 0.29) is 23.9 Å². The van der Waals surface area contributed by atoms with E-state index in [4.69, 9.17) is 16.2 Å². The molecule has 4 N–H and O–H groups in total. The third-order valence-corrected chi connectivity index (χ3v) is 3.10. The Hall–Kier alpha value is -2.00. The Kier molecular flexibility index (Phi) is 7.32. The van der Waals surface area contributed by atoms with E-state index in [2.05, 4.69) is 0 Å². The summed E-state index contributed by atoms with van der Waals surface area (Å²) in [5.74, 6) is -3.74. The van der Waals surface area contributed by atoms with Gasteiger partial charge in [0.2, 0.25) is 11.5 Å². The number of hydrogen-bond donors (Lipinski definition) is 2. The number of amides is 1.